The van der Waals surface area contributed by atoms with Crippen molar-refractivity contribution < 1.29 is 17.9 Å². The Morgan fingerprint density at radius 1 is 1.11 bits per heavy atom. The molecule has 1 amide bonds. The fourth-order valence-corrected chi connectivity index (χ4v) is 7.18. The van der Waals surface area contributed by atoms with Gasteiger partial charge >= 0.3 is 0 Å². The molecule has 2 aromatic carbocycles. The van der Waals surface area contributed by atoms with E-state index in [1.54, 1.807) is 48.7 Å². The fourth-order valence-electron chi connectivity index (χ4n) is 4.66. The van der Waals surface area contributed by atoms with Gasteiger partial charge in [-0.05, 0) is 85.8 Å². The van der Waals surface area contributed by atoms with Gasteiger partial charge in [-0.3, -0.25) is 14.7 Å². The number of hydrogen-bond acceptors (Lipinski definition) is 7. The number of benzene rings is 2. The van der Waals surface area contributed by atoms with E-state index in [1.807, 2.05) is 12.1 Å². The highest BCUT2D eigenvalue weighted by Gasteiger charge is 2.35. The summed E-state index contributed by atoms with van der Waals surface area (Å²) in [5, 5.41) is 0.645. The van der Waals surface area contributed by atoms with Gasteiger partial charge in [-0.25, -0.2) is 13.4 Å². The second-order valence-electron chi connectivity index (χ2n) is 9.54. The summed E-state index contributed by atoms with van der Waals surface area (Å²) in [6.45, 7) is 5.04. The molecule has 1 aliphatic rings. The van der Waals surface area contributed by atoms with Crippen molar-refractivity contribution in [1.82, 2.24) is 14.3 Å². The Hall–Kier alpha value is -3.34. The highest BCUT2D eigenvalue weighted by molar-refractivity contribution is 7.89. The number of pyridine rings is 1. The first-order valence-corrected chi connectivity index (χ1v) is 14.7. The lowest BCUT2D eigenvalue weighted by Gasteiger charge is -2.33. The number of anilines is 1. The third kappa shape index (κ3) is 5.29. The van der Waals surface area contributed by atoms with Crippen LogP contribution in [0.5, 0.6) is 5.75 Å². The first-order chi connectivity index (χ1) is 18.3. The predicted molar refractivity (Wildman–Crippen MR) is 149 cm³/mol. The van der Waals surface area contributed by atoms with Crippen LogP contribution in [0.4, 0.5) is 5.13 Å². The van der Waals surface area contributed by atoms with Crippen LogP contribution in [-0.4, -0.2) is 48.8 Å². The van der Waals surface area contributed by atoms with Crippen LogP contribution in [0.25, 0.3) is 10.2 Å². The Morgan fingerprint density at radius 3 is 2.47 bits per heavy atom. The molecule has 198 valence electrons. The summed E-state index contributed by atoms with van der Waals surface area (Å²) >= 11 is 1.50. The van der Waals surface area contributed by atoms with E-state index in [4.69, 9.17) is 9.72 Å². The average Bonchev–Trinajstić information content (AvgIpc) is 3.34. The normalized spacial score (nSPS) is 15.0. The highest BCUT2D eigenvalue weighted by Crippen LogP contribution is 2.34. The number of nitrogens with zero attached hydrogens (tertiary/aromatic N) is 4. The maximum Gasteiger partial charge on any atom is 0.243 e. The zero-order valence-corrected chi connectivity index (χ0v) is 23.3. The first kappa shape index (κ1) is 26.3. The van der Waals surface area contributed by atoms with Crippen LogP contribution in [0.15, 0.2) is 65.8 Å². The van der Waals surface area contributed by atoms with Crippen LogP contribution >= 0.6 is 11.3 Å². The number of aryl methyl sites for hydroxylation is 2. The molecule has 0 bridgehead atoms. The Bertz CT molecular complexity index is 1510. The molecule has 0 saturated carbocycles. The van der Waals surface area contributed by atoms with E-state index in [9.17, 15) is 13.2 Å². The van der Waals surface area contributed by atoms with E-state index in [2.05, 4.69) is 31.0 Å². The maximum atomic E-state index is 13.9. The molecule has 1 aliphatic heterocycles. The highest BCUT2D eigenvalue weighted by atomic mass is 32.2. The van der Waals surface area contributed by atoms with Gasteiger partial charge in [-0.15, -0.1) is 0 Å². The summed E-state index contributed by atoms with van der Waals surface area (Å²) in [5.41, 5.74) is 4.12. The third-order valence-corrected chi connectivity index (χ3v) is 10.0. The van der Waals surface area contributed by atoms with Gasteiger partial charge in [-0.1, -0.05) is 17.4 Å². The molecule has 2 aromatic heterocycles. The Labute approximate surface area is 227 Å². The third-order valence-electron chi connectivity index (χ3n) is 7.05. The lowest BCUT2D eigenvalue weighted by Crippen LogP contribution is -2.44. The van der Waals surface area contributed by atoms with E-state index in [1.165, 1.54) is 21.2 Å². The van der Waals surface area contributed by atoms with Gasteiger partial charge in [0.05, 0.1) is 28.8 Å². The maximum absolute atomic E-state index is 13.9. The van der Waals surface area contributed by atoms with Crippen molar-refractivity contribution in [3.63, 3.8) is 0 Å². The second kappa shape index (κ2) is 10.8. The van der Waals surface area contributed by atoms with E-state index in [0.717, 1.165) is 21.3 Å². The predicted octanol–water partition coefficient (Wildman–Crippen LogP) is 4.95. The fraction of sp³-hybridized carbons (Fsp3) is 0.321. The molecule has 1 saturated heterocycles. The minimum atomic E-state index is -3.65. The smallest absolute Gasteiger partial charge is 0.243 e. The standard InChI is InChI=1S/C28H30N4O4S2/c1-19-15-25-26(16-20(19)2)37-28(30-25)32(18-21-5-4-12-29-17-21)27(33)22-10-13-31(14-11-22)38(34,35)24-8-6-23(36-3)7-9-24/h4-9,12,15-17,22H,10-11,13-14,18H2,1-3H3. The van der Waals surface area contributed by atoms with Gasteiger partial charge in [0, 0.05) is 31.4 Å². The van der Waals surface area contributed by atoms with E-state index >= 15 is 0 Å². The number of sulfonamides is 1. The SMILES string of the molecule is COc1ccc(S(=O)(=O)N2CCC(C(=O)N(Cc3cccnc3)c3nc4cc(C)c(C)cc4s3)CC2)cc1. The Balaban J connectivity index is 1.37. The van der Waals surface area contributed by atoms with Crippen molar-refractivity contribution in [3.05, 3.63) is 77.6 Å². The number of carbonyl (C=O) groups is 1. The number of carbonyl (C=O) groups excluding carboxylic acids is 1. The molecular weight excluding hydrogens is 520 g/mol. The summed E-state index contributed by atoms with van der Waals surface area (Å²) in [6.07, 6.45) is 4.35. The molecular formula is C28H30N4O4S2. The largest absolute Gasteiger partial charge is 0.497 e. The van der Waals surface area contributed by atoms with Gasteiger partial charge in [-0.2, -0.15) is 4.31 Å². The van der Waals surface area contributed by atoms with Gasteiger partial charge in [0.15, 0.2) is 5.13 Å². The lowest BCUT2D eigenvalue weighted by molar-refractivity contribution is -0.123. The van der Waals surface area contributed by atoms with Crippen molar-refractivity contribution in [2.75, 3.05) is 25.1 Å². The molecule has 0 unspecified atom stereocenters. The molecule has 4 aromatic rings. The van der Waals surface area contributed by atoms with Crippen molar-refractivity contribution in [3.8, 4) is 5.75 Å². The van der Waals surface area contributed by atoms with E-state index in [0.29, 0.717) is 30.3 Å². The molecule has 0 atom stereocenters. The molecule has 0 aliphatic carbocycles. The van der Waals surface area contributed by atoms with Crippen LogP contribution < -0.4 is 9.64 Å². The number of ether oxygens (including phenoxy) is 1. The number of fused-ring (bicyclic) bond motifs is 1. The topological polar surface area (TPSA) is 92.7 Å². The zero-order chi connectivity index (χ0) is 26.9. The molecule has 38 heavy (non-hydrogen) atoms. The van der Waals surface area contributed by atoms with E-state index in [-0.39, 0.29) is 29.8 Å². The van der Waals surface area contributed by atoms with Gasteiger partial charge in [0.25, 0.3) is 0 Å². The number of methoxy groups -OCH3 is 1. The second-order valence-corrected chi connectivity index (χ2v) is 12.5. The average molecular weight is 551 g/mol. The zero-order valence-electron chi connectivity index (χ0n) is 21.6. The number of amides is 1. The van der Waals surface area contributed by atoms with E-state index < -0.39 is 10.0 Å². The molecule has 3 heterocycles. The van der Waals surface area contributed by atoms with Crippen molar-refractivity contribution in [2.24, 2.45) is 5.92 Å². The quantitative estimate of drug-likeness (QED) is 0.323. The van der Waals surface area contributed by atoms with Crippen LogP contribution in [0.3, 0.4) is 0 Å². The Morgan fingerprint density at radius 2 is 1.82 bits per heavy atom. The molecule has 0 radical (unpaired) electrons. The molecule has 1 fully saturated rings. The Kier molecular flexibility index (Phi) is 7.47. The number of hydrogen-bond donors (Lipinski definition) is 0. The number of thiazole rings is 1. The molecule has 0 N–H and O–H groups in total. The molecule has 0 spiro atoms. The van der Waals surface area contributed by atoms with Gasteiger partial charge < -0.3 is 4.74 Å². The summed E-state index contributed by atoms with van der Waals surface area (Å²) < 4.78 is 34.0. The number of aromatic nitrogens is 2. The summed E-state index contributed by atoms with van der Waals surface area (Å²) in [7, 11) is -2.11. The molecule has 8 nitrogen and oxygen atoms in total. The molecule has 5 rings (SSSR count). The first-order valence-electron chi connectivity index (χ1n) is 12.5. The van der Waals surface area contributed by atoms with Crippen LogP contribution in [0, 0.1) is 19.8 Å². The van der Waals surface area contributed by atoms with Crippen molar-refractivity contribution in [2.45, 2.75) is 38.1 Å². The van der Waals surface area contributed by atoms with Crippen LogP contribution in [0.2, 0.25) is 0 Å². The van der Waals surface area contributed by atoms with Crippen LogP contribution in [-0.2, 0) is 21.4 Å². The summed E-state index contributed by atoms with van der Waals surface area (Å²) in [5.74, 6) is 0.259. The lowest BCUT2D eigenvalue weighted by atomic mass is 9.96. The number of piperidine rings is 1. The van der Waals surface area contributed by atoms with Crippen molar-refractivity contribution in [1.29, 1.82) is 0 Å². The summed E-state index contributed by atoms with van der Waals surface area (Å²) in [6, 6.07) is 14.3. The summed E-state index contributed by atoms with van der Waals surface area (Å²) in [4.78, 5) is 24.9. The van der Waals surface area contributed by atoms with Crippen molar-refractivity contribution >= 4 is 42.6 Å². The monoisotopic (exact) mass is 550 g/mol. The van der Waals surface area contributed by atoms with Crippen LogP contribution in [0.1, 0.15) is 29.5 Å². The minimum Gasteiger partial charge on any atom is -0.497 e. The minimum absolute atomic E-state index is 0.0390. The van der Waals surface area contributed by atoms with Gasteiger partial charge in [0.2, 0.25) is 15.9 Å². The van der Waals surface area contributed by atoms with Gasteiger partial charge in [0.1, 0.15) is 5.75 Å². The number of rotatable bonds is 7. The molecule has 10 heteroatoms.